The number of carbonyl (C=O) groups is 1. The van der Waals surface area contributed by atoms with E-state index in [2.05, 4.69) is 40.1 Å². The summed E-state index contributed by atoms with van der Waals surface area (Å²) in [5.41, 5.74) is 38.1. The van der Waals surface area contributed by atoms with Crippen LogP contribution in [0, 0.1) is 0 Å². The molecule has 3 saturated heterocycles. The van der Waals surface area contributed by atoms with Crippen molar-refractivity contribution >= 4 is 17.7 Å². The monoisotopic (exact) mass is 1030 g/mol. The average Bonchev–Trinajstić information content (AvgIpc) is 3.33. The first-order valence-electron chi connectivity index (χ1n) is 25.2. The zero-order chi connectivity index (χ0) is 52.3. The summed E-state index contributed by atoms with van der Waals surface area (Å²) in [5.74, 6) is -0.0513. The number of rotatable bonds is 34. The Morgan fingerprint density at radius 2 is 1.10 bits per heavy atom. The van der Waals surface area contributed by atoms with Crippen molar-refractivity contribution in [3.8, 4) is 0 Å². The number of azide groups is 4. The third kappa shape index (κ3) is 19.1. The van der Waals surface area contributed by atoms with Gasteiger partial charge in [-0.2, -0.15) is 0 Å². The molecular formula is C45H80N12O13S. The molecule has 0 amide bonds. The molecule has 404 valence electrons. The number of unbranched alkanes of at least 4 members (excludes halogenated alkanes) is 4. The van der Waals surface area contributed by atoms with Gasteiger partial charge in [0.15, 0.2) is 25.0 Å². The average molecular weight is 1030 g/mol. The van der Waals surface area contributed by atoms with Crippen molar-refractivity contribution < 1.29 is 61.6 Å². The van der Waals surface area contributed by atoms with E-state index in [9.17, 15) is 26.9 Å². The molecule has 0 saturated carbocycles. The largest absolute Gasteiger partial charge is 0.454 e. The third-order valence-corrected chi connectivity index (χ3v) is 13.3. The van der Waals surface area contributed by atoms with Gasteiger partial charge in [0.1, 0.15) is 29.9 Å². The van der Waals surface area contributed by atoms with E-state index in [4.69, 9.17) is 56.8 Å². The number of hydrogen-bond donors (Lipinski definition) is 0. The Labute approximate surface area is 422 Å². The Morgan fingerprint density at radius 1 is 0.620 bits per heavy atom. The van der Waals surface area contributed by atoms with Gasteiger partial charge < -0.3 is 56.8 Å². The van der Waals surface area contributed by atoms with Crippen LogP contribution in [-0.2, 0) is 61.6 Å². The molecule has 19 atom stereocenters. The van der Waals surface area contributed by atoms with Crippen molar-refractivity contribution in [3.63, 3.8) is 0 Å². The minimum absolute atomic E-state index is 0.139. The fourth-order valence-electron chi connectivity index (χ4n) is 8.22. The fraction of sp³-hybridized carbons (Fsp3) is 0.978. The highest BCUT2D eigenvalue weighted by molar-refractivity contribution is 7.99. The quantitative estimate of drug-likeness (QED) is 0.0145. The molecule has 26 heteroatoms. The van der Waals surface area contributed by atoms with E-state index in [0.29, 0.717) is 38.2 Å². The number of ether oxygens (including phenoxy) is 12. The zero-order valence-electron chi connectivity index (χ0n) is 43.5. The number of nitrogens with zero attached hydrogens (tertiary/aromatic N) is 12. The lowest BCUT2D eigenvalue weighted by Crippen LogP contribution is -2.65. The summed E-state index contributed by atoms with van der Waals surface area (Å²) in [5, 5.41) is 16.2. The van der Waals surface area contributed by atoms with Crippen molar-refractivity contribution in [3.05, 3.63) is 41.8 Å². The predicted octanol–water partition coefficient (Wildman–Crippen LogP) is 9.90. The van der Waals surface area contributed by atoms with Crippen LogP contribution in [0.1, 0.15) is 128 Å². The lowest BCUT2D eigenvalue weighted by atomic mass is 9.95. The maximum Gasteiger partial charge on any atom is 0.303 e. The molecule has 0 aromatic heterocycles. The van der Waals surface area contributed by atoms with E-state index in [1.807, 2.05) is 41.5 Å². The normalized spacial score (nSPS) is 32.4. The number of esters is 1. The molecule has 25 nitrogen and oxygen atoms in total. The van der Waals surface area contributed by atoms with Crippen LogP contribution in [-0.4, -0.2) is 160 Å². The minimum Gasteiger partial charge on any atom is -0.454 e. The molecule has 3 aliphatic rings. The maximum absolute atomic E-state index is 12.9. The van der Waals surface area contributed by atoms with Crippen molar-refractivity contribution in [2.24, 2.45) is 20.5 Å². The highest BCUT2D eigenvalue weighted by atomic mass is 32.2. The summed E-state index contributed by atoms with van der Waals surface area (Å²) in [6.07, 6.45) is -8.71. The van der Waals surface area contributed by atoms with Gasteiger partial charge >= 0.3 is 5.97 Å². The van der Waals surface area contributed by atoms with E-state index in [1.54, 1.807) is 27.7 Å². The molecule has 3 aliphatic heterocycles. The molecular weight excluding hydrogens is 949 g/mol. The molecule has 3 fully saturated rings. The molecule has 0 bridgehead atoms. The Morgan fingerprint density at radius 3 is 1.58 bits per heavy atom. The topological polar surface area (TPSA) is 323 Å². The second-order valence-corrected chi connectivity index (χ2v) is 19.1. The molecule has 0 aliphatic carbocycles. The van der Waals surface area contributed by atoms with E-state index in [0.717, 1.165) is 32.1 Å². The van der Waals surface area contributed by atoms with Crippen LogP contribution < -0.4 is 0 Å². The van der Waals surface area contributed by atoms with Crippen LogP contribution >= 0.6 is 11.8 Å². The SMILES string of the molecule is CCCCOC[C@@H](O[C@H]1OC(C)[C@@H](N=[N+]=[N-])C(OCCCC)[C@H]1O[C@H]1OC(C)[C@@H](N=[N+]=[N-])C(OCCCC)[C@H]1OC(C)=O)[C@H](OC(C)[C@H](C)N=[N+]=[N-])O[C@@H]1C(OCCCC)[C@H](N=[N+]=[N-])C(C)O[C@@H]1SCC. The summed E-state index contributed by atoms with van der Waals surface area (Å²) < 4.78 is 79.0. The Balaban J connectivity index is 2.32. The zero-order valence-corrected chi connectivity index (χ0v) is 44.3. The molecule has 71 heavy (non-hydrogen) atoms. The highest BCUT2D eigenvalue weighted by Gasteiger charge is 2.54. The third-order valence-electron chi connectivity index (χ3n) is 12.3. The first kappa shape index (κ1) is 61.9. The first-order chi connectivity index (χ1) is 34.3. The van der Waals surface area contributed by atoms with Crippen LogP contribution in [0.5, 0.6) is 0 Å². The van der Waals surface area contributed by atoms with Crippen molar-refractivity contribution in [1.82, 2.24) is 0 Å². The maximum atomic E-state index is 12.9. The molecule has 0 spiro atoms. The van der Waals surface area contributed by atoms with E-state index in [1.165, 1.54) is 18.7 Å². The summed E-state index contributed by atoms with van der Waals surface area (Å²) in [6.45, 7) is 21.0. The van der Waals surface area contributed by atoms with Gasteiger partial charge in [-0.25, -0.2) is 0 Å². The highest BCUT2D eigenvalue weighted by Crippen LogP contribution is 2.38. The Hall–Kier alpha value is -3.38. The summed E-state index contributed by atoms with van der Waals surface area (Å²) in [7, 11) is 0. The van der Waals surface area contributed by atoms with Crippen LogP contribution in [0.4, 0.5) is 0 Å². The van der Waals surface area contributed by atoms with Gasteiger partial charge in [0.05, 0.1) is 67.4 Å². The number of carbonyl (C=O) groups excluding carboxylic acids is 1. The summed E-state index contributed by atoms with van der Waals surface area (Å²) in [4.78, 5) is 25.2. The molecule has 3 heterocycles. The van der Waals surface area contributed by atoms with Gasteiger partial charge in [0.25, 0.3) is 0 Å². The standard InChI is InChI=1S/C45H80N12O13S/c1-12-17-21-59-25-32(42(63-27(7)26(6)50-54-46)70-41-38(62-24-20-15-4)35(53-57-49)30(10)66-45(41)71-16-5)68-43-40(37(61-23-19-14-3)34(52-56-48)28(8)64-43)69-44-39(67-31(11)58)36(60-22-18-13-2)33(51-55-47)29(9)65-44/h26-30,32-45H,12-25H2,1-11H3/t26-,27?,28?,29?,30?,32+,33+,34+,35+,36?,37?,38?,39+,40+,41+,42+,43+,44+,45+/m0/s1. The van der Waals surface area contributed by atoms with Gasteiger partial charge in [0, 0.05) is 53.0 Å². The van der Waals surface area contributed by atoms with Gasteiger partial charge in [-0.15, -0.1) is 11.8 Å². The van der Waals surface area contributed by atoms with E-state index < -0.39 is 122 Å². The van der Waals surface area contributed by atoms with Gasteiger partial charge in [-0.3, -0.25) is 4.79 Å². The van der Waals surface area contributed by atoms with Crippen LogP contribution in [0.3, 0.4) is 0 Å². The van der Waals surface area contributed by atoms with Gasteiger partial charge in [-0.1, -0.05) is 87.7 Å². The summed E-state index contributed by atoms with van der Waals surface area (Å²) >= 11 is 1.48. The number of hydrogen-bond acceptors (Lipinski definition) is 18. The minimum atomic E-state index is -1.40. The Bertz CT molecular complexity index is 1750. The van der Waals surface area contributed by atoms with Crippen LogP contribution in [0.25, 0.3) is 41.8 Å². The number of thioether (sulfide) groups is 1. The van der Waals surface area contributed by atoms with Crippen LogP contribution in [0.2, 0.25) is 0 Å². The molecule has 0 aromatic rings. The van der Waals surface area contributed by atoms with Crippen molar-refractivity contribution in [2.45, 2.75) is 243 Å². The van der Waals surface area contributed by atoms with E-state index in [-0.39, 0.29) is 19.8 Å². The molecule has 7 unspecified atom stereocenters. The second-order valence-electron chi connectivity index (χ2n) is 17.8. The van der Waals surface area contributed by atoms with E-state index >= 15 is 0 Å². The first-order valence-corrected chi connectivity index (χ1v) is 26.3. The van der Waals surface area contributed by atoms with Gasteiger partial charge in [0.2, 0.25) is 0 Å². The fourth-order valence-corrected chi connectivity index (χ4v) is 9.21. The summed E-state index contributed by atoms with van der Waals surface area (Å²) in [6, 6.07) is -3.39. The van der Waals surface area contributed by atoms with Crippen molar-refractivity contribution in [2.75, 3.05) is 38.8 Å². The lowest BCUT2D eigenvalue weighted by molar-refractivity contribution is -0.370. The van der Waals surface area contributed by atoms with Crippen molar-refractivity contribution in [1.29, 1.82) is 0 Å². The molecule has 0 aromatic carbocycles. The second kappa shape index (κ2) is 34.2. The molecule has 3 rings (SSSR count). The smallest absolute Gasteiger partial charge is 0.303 e. The van der Waals surface area contributed by atoms with Crippen LogP contribution in [0.15, 0.2) is 20.5 Å². The predicted molar refractivity (Wildman–Crippen MR) is 263 cm³/mol. The molecule has 0 radical (unpaired) electrons. The molecule has 0 N–H and O–H groups in total. The Kier molecular flexibility index (Phi) is 29.8. The lowest BCUT2D eigenvalue weighted by Gasteiger charge is -2.49. The van der Waals surface area contributed by atoms with Gasteiger partial charge in [-0.05, 0) is 81.3 Å².